The van der Waals surface area contributed by atoms with Gasteiger partial charge in [0.15, 0.2) is 0 Å². The molecule has 0 heterocycles. The fourth-order valence-electron chi connectivity index (χ4n) is 0.951. The van der Waals surface area contributed by atoms with E-state index in [0.717, 1.165) is 12.2 Å². The van der Waals surface area contributed by atoms with E-state index in [4.69, 9.17) is 27.9 Å². The fraction of sp³-hybridized carbons (Fsp3) is 0.400. The summed E-state index contributed by atoms with van der Waals surface area (Å²) >= 11 is 11.6. The van der Waals surface area contributed by atoms with Crippen LogP contribution >= 0.6 is 23.2 Å². The number of rotatable bonds is 4. The first kappa shape index (κ1) is 11.6. The zero-order valence-corrected chi connectivity index (χ0v) is 9.69. The Bertz CT molecular complexity index is 304. The second kappa shape index (κ2) is 5.44. The third kappa shape index (κ3) is 3.37. The maximum absolute atomic E-state index is 5.86. The maximum Gasteiger partial charge on any atom is 0.0715 e. The summed E-state index contributed by atoms with van der Waals surface area (Å²) in [6, 6.07) is 5.45. The van der Waals surface area contributed by atoms with Gasteiger partial charge in [0.2, 0.25) is 0 Å². The minimum absolute atomic E-state index is 0.171. The summed E-state index contributed by atoms with van der Waals surface area (Å²) in [5, 5.41) is 4.32. The lowest BCUT2D eigenvalue weighted by Crippen LogP contribution is -2.17. The standard InChI is InChI=1S/C10H13Cl2NO/c1-7(14-2)6-13-8-3-4-9(11)10(12)5-8/h3-5,7,13H,6H2,1-2H3. The summed E-state index contributed by atoms with van der Waals surface area (Å²) in [4.78, 5) is 0. The zero-order chi connectivity index (χ0) is 10.6. The van der Waals surface area contributed by atoms with Crippen molar-refractivity contribution in [1.82, 2.24) is 0 Å². The smallest absolute Gasteiger partial charge is 0.0715 e. The number of hydrogen-bond donors (Lipinski definition) is 1. The molecule has 0 amide bonds. The highest BCUT2D eigenvalue weighted by atomic mass is 35.5. The maximum atomic E-state index is 5.86. The molecule has 0 aliphatic rings. The van der Waals surface area contributed by atoms with Crippen molar-refractivity contribution in [2.75, 3.05) is 19.0 Å². The van der Waals surface area contributed by atoms with Crippen LogP contribution in [-0.4, -0.2) is 19.8 Å². The molecule has 1 rings (SSSR count). The van der Waals surface area contributed by atoms with E-state index in [1.807, 2.05) is 13.0 Å². The molecule has 0 fully saturated rings. The molecule has 0 spiro atoms. The van der Waals surface area contributed by atoms with Crippen molar-refractivity contribution in [3.63, 3.8) is 0 Å². The van der Waals surface area contributed by atoms with Crippen LogP contribution in [0, 0.1) is 0 Å². The predicted octanol–water partition coefficient (Wildman–Crippen LogP) is 3.44. The number of methoxy groups -OCH3 is 1. The summed E-state index contributed by atoms with van der Waals surface area (Å²) in [5.41, 5.74) is 0.948. The number of nitrogens with one attached hydrogen (secondary N) is 1. The summed E-state index contributed by atoms with van der Waals surface area (Å²) in [7, 11) is 1.68. The van der Waals surface area contributed by atoms with E-state index in [9.17, 15) is 0 Å². The Morgan fingerprint density at radius 1 is 1.36 bits per heavy atom. The molecule has 4 heteroatoms. The van der Waals surface area contributed by atoms with Gasteiger partial charge in [-0.05, 0) is 25.1 Å². The van der Waals surface area contributed by atoms with E-state index in [-0.39, 0.29) is 6.10 Å². The van der Waals surface area contributed by atoms with E-state index in [0.29, 0.717) is 10.0 Å². The van der Waals surface area contributed by atoms with E-state index >= 15 is 0 Å². The van der Waals surface area contributed by atoms with E-state index in [1.54, 1.807) is 19.2 Å². The van der Waals surface area contributed by atoms with Crippen molar-refractivity contribution in [2.45, 2.75) is 13.0 Å². The van der Waals surface area contributed by atoms with Crippen LogP contribution in [0.5, 0.6) is 0 Å². The summed E-state index contributed by atoms with van der Waals surface area (Å²) in [6.45, 7) is 2.74. The van der Waals surface area contributed by atoms with Crippen LogP contribution in [0.1, 0.15) is 6.92 Å². The number of benzene rings is 1. The Kier molecular flexibility index (Phi) is 4.52. The second-order valence-corrected chi connectivity index (χ2v) is 3.87. The van der Waals surface area contributed by atoms with Gasteiger partial charge in [0.05, 0.1) is 16.1 Å². The van der Waals surface area contributed by atoms with Crippen molar-refractivity contribution in [2.24, 2.45) is 0 Å². The second-order valence-electron chi connectivity index (χ2n) is 3.06. The summed E-state index contributed by atoms with van der Waals surface area (Å²) < 4.78 is 5.10. The van der Waals surface area contributed by atoms with E-state index < -0.39 is 0 Å². The Morgan fingerprint density at radius 2 is 2.07 bits per heavy atom. The van der Waals surface area contributed by atoms with E-state index in [2.05, 4.69) is 5.32 Å². The number of halogens is 2. The van der Waals surface area contributed by atoms with Crippen LogP contribution in [0.2, 0.25) is 10.0 Å². The van der Waals surface area contributed by atoms with Gasteiger partial charge in [-0.15, -0.1) is 0 Å². The monoisotopic (exact) mass is 233 g/mol. The molecule has 0 aliphatic heterocycles. The molecule has 1 atom stereocenters. The number of ether oxygens (including phenoxy) is 1. The molecule has 0 radical (unpaired) electrons. The fourth-order valence-corrected chi connectivity index (χ4v) is 1.25. The average Bonchev–Trinajstić information content (AvgIpc) is 2.19. The molecule has 0 aromatic heterocycles. The van der Waals surface area contributed by atoms with Crippen LogP contribution in [0.15, 0.2) is 18.2 Å². The molecule has 1 aromatic carbocycles. The molecule has 0 saturated carbocycles. The van der Waals surface area contributed by atoms with Crippen molar-refractivity contribution in [1.29, 1.82) is 0 Å². The van der Waals surface area contributed by atoms with Gasteiger partial charge in [0.1, 0.15) is 0 Å². The van der Waals surface area contributed by atoms with Crippen molar-refractivity contribution in [3.8, 4) is 0 Å². The Labute approximate surface area is 94.2 Å². The lowest BCUT2D eigenvalue weighted by molar-refractivity contribution is 0.129. The molecule has 14 heavy (non-hydrogen) atoms. The number of hydrogen-bond acceptors (Lipinski definition) is 2. The third-order valence-electron chi connectivity index (χ3n) is 1.92. The lowest BCUT2D eigenvalue weighted by atomic mass is 10.3. The first-order valence-corrected chi connectivity index (χ1v) is 5.11. The summed E-state index contributed by atoms with van der Waals surface area (Å²) in [5.74, 6) is 0. The Balaban J connectivity index is 2.55. The van der Waals surface area contributed by atoms with Gasteiger partial charge in [0, 0.05) is 19.3 Å². The molecule has 78 valence electrons. The topological polar surface area (TPSA) is 21.3 Å². The van der Waals surface area contributed by atoms with Crippen LogP contribution in [0.3, 0.4) is 0 Å². The minimum Gasteiger partial charge on any atom is -0.382 e. The molecule has 1 unspecified atom stereocenters. The number of anilines is 1. The van der Waals surface area contributed by atoms with Crippen LogP contribution in [0.4, 0.5) is 5.69 Å². The first-order chi connectivity index (χ1) is 6.63. The Hall–Kier alpha value is -0.440. The van der Waals surface area contributed by atoms with Gasteiger partial charge in [-0.25, -0.2) is 0 Å². The average molecular weight is 234 g/mol. The summed E-state index contributed by atoms with van der Waals surface area (Å²) in [6.07, 6.45) is 0.171. The molecule has 0 saturated heterocycles. The highest BCUT2D eigenvalue weighted by molar-refractivity contribution is 6.42. The SMILES string of the molecule is COC(C)CNc1ccc(Cl)c(Cl)c1. The third-order valence-corrected chi connectivity index (χ3v) is 2.65. The molecule has 1 N–H and O–H groups in total. The molecule has 2 nitrogen and oxygen atoms in total. The van der Waals surface area contributed by atoms with Gasteiger partial charge in [-0.2, -0.15) is 0 Å². The van der Waals surface area contributed by atoms with Crippen molar-refractivity contribution < 1.29 is 4.74 Å². The van der Waals surface area contributed by atoms with Gasteiger partial charge < -0.3 is 10.1 Å². The highest BCUT2D eigenvalue weighted by Crippen LogP contribution is 2.24. The molecule has 0 aliphatic carbocycles. The van der Waals surface area contributed by atoms with Crippen LogP contribution < -0.4 is 5.32 Å². The molecule has 0 bridgehead atoms. The normalized spacial score (nSPS) is 12.6. The predicted molar refractivity (Wildman–Crippen MR) is 61.4 cm³/mol. The molecular weight excluding hydrogens is 221 g/mol. The van der Waals surface area contributed by atoms with Gasteiger partial charge in [-0.3, -0.25) is 0 Å². The quantitative estimate of drug-likeness (QED) is 0.861. The highest BCUT2D eigenvalue weighted by Gasteiger charge is 2.01. The van der Waals surface area contributed by atoms with Gasteiger partial charge in [0.25, 0.3) is 0 Å². The van der Waals surface area contributed by atoms with Gasteiger partial charge in [-0.1, -0.05) is 23.2 Å². The largest absolute Gasteiger partial charge is 0.382 e. The van der Waals surface area contributed by atoms with Crippen molar-refractivity contribution >= 4 is 28.9 Å². The van der Waals surface area contributed by atoms with Crippen LogP contribution in [0.25, 0.3) is 0 Å². The first-order valence-electron chi connectivity index (χ1n) is 4.35. The molecular formula is C10H13Cl2NO. The van der Waals surface area contributed by atoms with Crippen molar-refractivity contribution in [3.05, 3.63) is 28.2 Å². The minimum atomic E-state index is 0.171. The lowest BCUT2D eigenvalue weighted by Gasteiger charge is -2.12. The van der Waals surface area contributed by atoms with E-state index in [1.165, 1.54) is 0 Å². The Morgan fingerprint density at radius 3 is 2.64 bits per heavy atom. The zero-order valence-electron chi connectivity index (χ0n) is 8.18. The van der Waals surface area contributed by atoms with Gasteiger partial charge >= 0.3 is 0 Å². The molecule has 1 aromatic rings. The van der Waals surface area contributed by atoms with Crippen LogP contribution in [-0.2, 0) is 4.74 Å².